The van der Waals surface area contributed by atoms with Crippen LogP contribution in [0.25, 0.3) is 0 Å². The minimum Gasteiger partial charge on any atom is -0.579 e. The van der Waals surface area contributed by atoms with E-state index < -0.39 is 23.5 Å². The van der Waals surface area contributed by atoms with Gasteiger partial charge in [0.1, 0.15) is 23.5 Å². The molecule has 0 amide bonds. The minimum atomic E-state index is -0.981. The molecule has 0 radical (unpaired) electrons. The van der Waals surface area contributed by atoms with Crippen LogP contribution in [-0.2, 0) is 42.1 Å². The Kier molecular flexibility index (Phi) is 15.1. The van der Waals surface area contributed by atoms with Crippen molar-refractivity contribution in [2.24, 2.45) is 0 Å². The monoisotopic (exact) mass is 1070 g/mol. The summed E-state index contributed by atoms with van der Waals surface area (Å²) in [7, 11) is 3.67. The number of hydrogen-bond donors (Lipinski definition) is 0. The van der Waals surface area contributed by atoms with Crippen molar-refractivity contribution in [1.29, 1.82) is 0 Å². The Morgan fingerprint density at radius 3 is 1.52 bits per heavy atom. The third-order valence-electron chi connectivity index (χ3n) is 6.89. The van der Waals surface area contributed by atoms with Gasteiger partial charge in [0, 0.05) is 88.9 Å². The molecule has 0 aliphatic carbocycles. The van der Waals surface area contributed by atoms with E-state index in [4.69, 9.17) is 0 Å². The Balaban J connectivity index is 0.000000201. The molecule has 0 bridgehead atoms. The van der Waals surface area contributed by atoms with Gasteiger partial charge >= 0.3 is 0 Å². The van der Waals surface area contributed by atoms with E-state index in [0.717, 1.165) is 46.3 Å². The predicted octanol–water partition coefficient (Wildman–Crippen LogP) is 6.44. The molecule has 5 aromatic heterocycles. The van der Waals surface area contributed by atoms with E-state index in [1.165, 1.54) is 6.07 Å². The Labute approximate surface area is 328 Å². The van der Waals surface area contributed by atoms with E-state index >= 15 is 0 Å². The fourth-order valence-corrected chi connectivity index (χ4v) is 4.82. The van der Waals surface area contributed by atoms with Crippen molar-refractivity contribution >= 4 is 34.4 Å². The third-order valence-corrected chi connectivity index (χ3v) is 6.89. The largest absolute Gasteiger partial charge is 0.579 e. The van der Waals surface area contributed by atoms with E-state index in [2.05, 4.69) is 47.5 Å². The number of aromatic nitrogens is 7. The van der Waals surface area contributed by atoms with E-state index in [9.17, 15) is 17.6 Å². The molecule has 11 nitrogen and oxygen atoms in total. The number of benzene rings is 1. The van der Waals surface area contributed by atoms with Gasteiger partial charge in [-0.3, -0.25) is 0 Å². The number of aryl methyl sites for hydroxylation is 4. The Bertz CT molecular complexity index is 1840. The fourth-order valence-electron chi connectivity index (χ4n) is 4.82. The van der Waals surface area contributed by atoms with Crippen molar-refractivity contribution in [3.63, 3.8) is 0 Å². The molecule has 0 fully saturated rings. The van der Waals surface area contributed by atoms with Crippen LogP contribution < -0.4 is 29.8 Å². The third kappa shape index (κ3) is 10.7. The van der Waals surface area contributed by atoms with Gasteiger partial charge < -0.3 is 40.0 Å². The van der Waals surface area contributed by atoms with Crippen LogP contribution in [0.1, 0.15) is 22.8 Å². The second kappa shape index (κ2) is 18.8. The first-order valence-corrected chi connectivity index (χ1v) is 15.0. The zero-order chi connectivity index (χ0) is 35.9. The van der Waals surface area contributed by atoms with Gasteiger partial charge in [-0.2, -0.15) is 25.1 Å². The summed E-state index contributed by atoms with van der Waals surface area (Å²) in [5.74, 6) is -2.01. The van der Waals surface area contributed by atoms with E-state index in [1.54, 1.807) is 41.6 Å². The molecule has 2 aliphatic heterocycles. The number of pyridine rings is 3. The molecular weight excluding hydrogens is 1040 g/mol. The van der Waals surface area contributed by atoms with Crippen molar-refractivity contribution in [3.05, 3.63) is 139 Å². The second-order valence-corrected chi connectivity index (χ2v) is 11.1. The van der Waals surface area contributed by atoms with Gasteiger partial charge in [0.25, 0.3) is 0 Å². The molecule has 7 heterocycles. The molecule has 52 heavy (non-hydrogen) atoms. The Hall–Kier alpha value is -4.61. The topological polar surface area (TPSA) is 106 Å². The van der Waals surface area contributed by atoms with Gasteiger partial charge in [0.2, 0.25) is 0 Å². The van der Waals surface area contributed by atoms with Crippen molar-refractivity contribution in [2.75, 3.05) is 33.7 Å². The fraction of sp³-hybridized carbons (Fsp3) is 0.171. The summed E-state index contributed by atoms with van der Waals surface area (Å²) in [6.45, 7) is 11.1. The van der Waals surface area contributed by atoms with Crippen LogP contribution in [0.2, 0.25) is 0 Å². The van der Waals surface area contributed by atoms with Gasteiger partial charge in [0.15, 0.2) is 0 Å². The summed E-state index contributed by atoms with van der Waals surface area (Å²) < 4.78 is 52.6. The molecule has 8 rings (SSSR count). The number of halogens is 4. The molecule has 0 saturated carbocycles. The number of nitrogens with zero attached hydrogens (tertiary/aromatic N) is 11. The van der Waals surface area contributed by atoms with Crippen LogP contribution in [0.5, 0.6) is 0 Å². The number of hydrogen-bond acceptors (Lipinski definition) is 9. The summed E-state index contributed by atoms with van der Waals surface area (Å²) in [4.78, 5) is 18.2. The van der Waals surface area contributed by atoms with Gasteiger partial charge in [-0.1, -0.05) is 31.7 Å². The number of rotatable bonds is 2. The molecule has 0 atom stereocenters. The van der Waals surface area contributed by atoms with Crippen molar-refractivity contribution in [3.8, 4) is 0 Å². The van der Waals surface area contributed by atoms with Crippen LogP contribution in [0.4, 0.5) is 51.9 Å². The average Bonchev–Trinajstić information content (AvgIpc) is 3.83. The molecule has 17 heteroatoms. The first-order chi connectivity index (χ1) is 23.9. The maximum atomic E-state index is 13.2. The number of fused-ring (bicyclic) bond motifs is 2. The van der Waals surface area contributed by atoms with Crippen molar-refractivity contribution < 1.29 is 59.7 Å². The van der Waals surface area contributed by atoms with Crippen LogP contribution in [0.15, 0.2) is 67.0 Å². The van der Waals surface area contributed by atoms with Gasteiger partial charge in [-0.05, 0) is 52.2 Å². The minimum absolute atomic E-state index is 0. The summed E-state index contributed by atoms with van der Waals surface area (Å²) in [6.07, 6.45) is 3.25. The maximum absolute atomic E-state index is 13.2. The zero-order valence-corrected chi connectivity index (χ0v) is 33.1. The maximum Gasteiger partial charge on any atom is 0.135 e. The van der Waals surface area contributed by atoms with Crippen LogP contribution >= 0.6 is 0 Å². The van der Waals surface area contributed by atoms with Gasteiger partial charge in [0.05, 0.1) is 0 Å². The van der Waals surface area contributed by atoms with Gasteiger partial charge in [-0.15, -0.1) is 35.7 Å². The summed E-state index contributed by atoms with van der Waals surface area (Å²) in [5, 5.41) is 15.1. The van der Waals surface area contributed by atoms with Gasteiger partial charge in [-0.25, -0.2) is 32.5 Å². The Morgan fingerprint density at radius 2 is 1.13 bits per heavy atom. The van der Waals surface area contributed by atoms with Crippen molar-refractivity contribution in [2.45, 2.75) is 27.7 Å². The molecule has 0 saturated heterocycles. The zero-order valence-electron chi connectivity index (χ0n) is 28.6. The second-order valence-electron chi connectivity index (χ2n) is 11.1. The van der Waals surface area contributed by atoms with Crippen molar-refractivity contribution in [1.82, 2.24) is 35.3 Å². The quantitative estimate of drug-likeness (QED) is 0.109. The molecule has 2 aliphatic rings. The summed E-state index contributed by atoms with van der Waals surface area (Å²) in [5.41, 5.74) is 6.23. The molecule has 6 aromatic rings. The Morgan fingerprint density at radius 1 is 0.654 bits per heavy atom. The molecule has 0 spiro atoms. The first kappa shape index (κ1) is 41.8. The summed E-state index contributed by atoms with van der Waals surface area (Å²) >= 11 is 0. The normalized spacial score (nSPS) is 12.2. The van der Waals surface area contributed by atoms with Crippen LogP contribution in [0.3, 0.4) is 0 Å². The molecule has 0 unspecified atom stereocenters. The molecule has 280 valence electrons. The predicted molar refractivity (Wildman–Crippen MR) is 180 cm³/mol. The number of anilines is 6. The average molecular weight is 1070 g/mol. The summed E-state index contributed by atoms with van der Waals surface area (Å²) in [6, 6.07) is 19.2. The van der Waals surface area contributed by atoms with E-state index in [-0.39, 0.29) is 53.5 Å². The van der Waals surface area contributed by atoms with E-state index in [0.29, 0.717) is 11.6 Å². The van der Waals surface area contributed by atoms with Crippen LogP contribution in [0, 0.1) is 76.7 Å². The molecule has 0 N–H and O–H groups in total. The molecular formula is C35H31F4N11Pt2-6. The van der Waals surface area contributed by atoms with Crippen LogP contribution in [-0.4, -0.2) is 39.2 Å². The van der Waals surface area contributed by atoms with E-state index in [1.807, 2.05) is 81.9 Å². The molecule has 1 aromatic carbocycles. The SMILES string of the molecule is CN1[CH-]N(c2[c-]c(F)cc(F)c2)c2ncccc21.CN1[CH-]N(c2[c-]c(F)nc(F)c2)c2ncccc21.Cc1cc(C)[n-]n1.Cc1cc(C)[n-]n1.[Pt].[Pt]. The first-order valence-electron chi connectivity index (χ1n) is 15.0. The smallest absolute Gasteiger partial charge is 0.135 e. The standard InChI is InChI=1S/C13H9F2N3.C12H8F2N4.2C5H7N2.2Pt/c1-17-8-18(13-12(17)3-2-4-16-13)11-6-9(14)5-10(15)7-11;1-17-7-18(12-9(17)3-2-4-15-12)8-5-10(13)16-11(14)6-8;2*1-4-3-5(2)7-6-4;;/h2-6,8H,1H3;2-5,7H,1H3;2*3H,1-2H3;;/q2*-2;2*-1;;.